The van der Waals surface area contributed by atoms with Gasteiger partial charge < -0.3 is 82.7 Å². The summed E-state index contributed by atoms with van der Waals surface area (Å²) in [6.45, 7) is 51.7. The molecule has 0 unspecified atom stereocenters. The number of carbonyl (C=O) groups is 2. The van der Waals surface area contributed by atoms with Gasteiger partial charge in [0.2, 0.25) is 19.6 Å². The van der Waals surface area contributed by atoms with Gasteiger partial charge in [0.15, 0.2) is 0 Å². The molecule has 9 aliphatic rings. The van der Waals surface area contributed by atoms with Crippen LogP contribution in [0.5, 0.6) is 18.0 Å². The minimum absolute atomic E-state index is 0. The zero-order chi connectivity index (χ0) is 88.2. The van der Waals surface area contributed by atoms with Crippen molar-refractivity contribution in [3.8, 4) is 18.0 Å². The normalized spacial score (nSPS) is 19.6. The highest BCUT2D eigenvalue weighted by molar-refractivity contribution is 9.10. The summed E-state index contributed by atoms with van der Waals surface area (Å²) in [6, 6.07) is 40.4. The Morgan fingerprint density at radius 1 is 0.409 bits per heavy atom. The number of likely N-dealkylation sites (tertiary alicyclic amines) is 3. The van der Waals surface area contributed by atoms with Crippen molar-refractivity contribution in [2.75, 3.05) is 177 Å². The molecule has 0 aliphatic carbocycles. The molecule has 0 spiro atoms. The van der Waals surface area contributed by atoms with Crippen molar-refractivity contribution in [2.24, 2.45) is 5.92 Å². The van der Waals surface area contributed by atoms with Crippen molar-refractivity contribution in [3.05, 3.63) is 232 Å². The number of nitrogens with one attached hydrogen (secondary N) is 1. The van der Waals surface area contributed by atoms with Crippen molar-refractivity contribution in [1.29, 1.82) is 0 Å². The number of benzene rings is 5. The number of carbonyl (C=O) groups excluding carboxylic acids is 2. The van der Waals surface area contributed by atoms with E-state index in [0.717, 1.165) is 161 Å². The summed E-state index contributed by atoms with van der Waals surface area (Å²) in [5, 5.41) is 3.40. The molecular formula is C98H137BrN20O7S6. The van der Waals surface area contributed by atoms with Gasteiger partial charge in [-0.05, 0) is 222 Å². The van der Waals surface area contributed by atoms with Crippen LogP contribution in [0.25, 0.3) is 14.5 Å². The highest BCUT2D eigenvalue weighted by atomic mass is 79.9. The Hall–Kier alpha value is -8.83. The summed E-state index contributed by atoms with van der Waals surface area (Å²) in [7, 11) is 6.45. The first-order valence-corrected chi connectivity index (χ1v) is 46.0. The molecule has 1 N–H and O–H groups in total. The molecule has 3 aromatic heterocycles. The molecular weight excluding hydrogens is 1840 g/mol. The Balaban J connectivity index is 0.000000229. The van der Waals surface area contributed by atoms with Crippen molar-refractivity contribution in [3.63, 3.8) is 0 Å². The Morgan fingerprint density at radius 3 is 1.19 bits per heavy atom. The minimum Gasteiger partial charge on any atom is -0.462 e. The molecule has 6 atom stereocenters. The monoisotopic (exact) mass is 1980 g/mol. The summed E-state index contributed by atoms with van der Waals surface area (Å²) in [5.74, 6) is 3.19. The van der Waals surface area contributed by atoms with Crippen molar-refractivity contribution >= 4 is 138 Å². The lowest BCUT2D eigenvalue weighted by atomic mass is 9.96. The molecule has 34 heteroatoms. The van der Waals surface area contributed by atoms with Crippen LogP contribution in [0.15, 0.2) is 120 Å². The molecule has 27 nitrogen and oxygen atoms in total. The van der Waals surface area contributed by atoms with Gasteiger partial charge in [-0.3, -0.25) is 9.80 Å². The number of rotatable bonds is 21. The van der Waals surface area contributed by atoms with Gasteiger partial charge in [-0.1, -0.05) is 113 Å². The van der Waals surface area contributed by atoms with Crippen molar-refractivity contribution < 1.29 is 33.3 Å². The van der Waals surface area contributed by atoms with Crippen LogP contribution < -0.4 is 44.0 Å². The van der Waals surface area contributed by atoms with E-state index in [-0.39, 0.29) is 132 Å². The number of aryl methyl sites for hydroxylation is 3. The third kappa shape index (κ3) is 28.0. The fourth-order valence-corrected chi connectivity index (χ4v) is 19.1. The lowest BCUT2D eigenvalue weighted by Gasteiger charge is -2.41. The van der Waals surface area contributed by atoms with Crippen LogP contribution in [0.3, 0.4) is 0 Å². The second kappa shape index (κ2) is 52.9. The Bertz CT molecular complexity index is 5160. The number of anilines is 5. The van der Waals surface area contributed by atoms with E-state index >= 15 is 0 Å². The second-order valence-electron chi connectivity index (χ2n) is 35.1. The van der Waals surface area contributed by atoms with E-state index in [1.807, 2.05) is 66.7 Å². The summed E-state index contributed by atoms with van der Waals surface area (Å²) in [4.78, 5) is 88.8. The molecule has 714 valence electrons. The molecule has 6 fully saturated rings. The van der Waals surface area contributed by atoms with E-state index in [4.69, 9.17) is 73.3 Å². The SMILES string of the molecule is Cc1cccc(Br)c1C.S.S.S.S.S.S.[C-]#[N+]C[C@@H]1CCCN(c2nc(OC[C@@H]3CCCN3C)nc3c2CCN(c2cccc(C)c2C)C3)C1.[C-]#[N+]C[C@H]1CN(c2nc(OC[C@@H]3CCCN3C)nc3c2CCN(c2cccc(C)c2C)C3)CCN1C(=O)OCc1ccccc1.[C-]#[N+]C[C@H]1CN(c2nc(OC[C@@H]3CCCN3C)nc3c2CCNC3)CCN1C(=O)OCc1ccccc1. The van der Waals surface area contributed by atoms with Crippen LogP contribution >= 0.6 is 96.9 Å². The number of halogens is 1. The fraction of sp³-hybridized carbons (Fsp3) is 0.520. The van der Waals surface area contributed by atoms with Crippen LogP contribution in [-0.2, 0) is 61.6 Å². The first kappa shape index (κ1) is 108. The molecule has 9 aliphatic heterocycles. The van der Waals surface area contributed by atoms with Gasteiger partial charge in [-0.15, -0.1) is 0 Å². The predicted octanol–water partition coefficient (Wildman–Crippen LogP) is 15.2. The summed E-state index contributed by atoms with van der Waals surface area (Å²) in [6.07, 6.45) is 11.0. The van der Waals surface area contributed by atoms with E-state index in [9.17, 15) is 9.59 Å². The molecule has 6 saturated heterocycles. The first-order valence-electron chi connectivity index (χ1n) is 45.2. The topological polar surface area (TPSA) is 215 Å². The van der Waals surface area contributed by atoms with Gasteiger partial charge in [-0.25, -0.2) is 29.3 Å². The maximum Gasteiger partial charge on any atom is 0.410 e. The van der Waals surface area contributed by atoms with E-state index in [2.05, 4.69) is 186 Å². The van der Waals surface area contributed by atoms with Crippen LogP contribution in [0.1, 0.15) is 130 Å². The van der Waals surface area contributed by atoms with Gasteiger partial charge >= 0.3 is 30.2 Å². The highest BCUT2D eigenvalue weighted by Crippen LogP contribution is 2.39. The number of ether oxygens (including phenoxy) is 5. The smallest absolute Gasteiger partial charge is 0.410 e. The molecule has 12 heterocycles. The molecule has 8 aromatic rings. The van der Waals surface area contributed by atoms with Gasteiger partial charge in [0.05, 0.1) is 30.2 Å². The molecule has 2 amide bonds. The lowest BCUT2D eigenvalue weighted by molar-refractivity contribution is 0.0781. The molecule has 0 bridgehead atoms. The number of likely N-dealkylation sites (N-methyl/N-ethyl adjacent to an activating group) is 3. The van der Waals surface area contributed by atoms with Gasteiger partial charge in [0, 0.05) is 129 Å². The summed E-state index contributed by atoms with van der Waals surface area (Å²) < 4.78 is 31.1. The maximum absolute atomic E-state index is 13.2. The zero-order valence-electron chi connectivity index (χ0n) is 78.1. The lowest BCUT2D eigenvalue weighted by Crippen LogP contribution is -2.57. The number of nitrogens with zero attached hydrogens (tertiary/aromatic N) is 19. The maximum atomic E-state index is 13.2. The Labute approximate surface area is 832 Å². The molecule has 17 rings (SSSR count). The standard InChI is InChI=1S/C35H43N7O3.C28H38N6O.C27H35N7O3.C8H9Br.6H2S/c1-25-10-8-14-32(26(25)2)40-17-15-30-31(22-40)37-34(44-24-28-13-9-16-39(28)4)38-33(30)41-18-19-42(29(21-41)20-36-3)35(43)45-23-27-11-6-5-7-12-27;1-20-8-5-11-26(21(20)2)33-15-12-24-25(18-33)30-28(35-19-23-10-7-13-32(23)4)31-27(24)34-14-6-9-22(17-34)16-29-3;1-28-15-22-17-33(13-14-34(22)27(35)37-18-20-7-4-3-5-8-20)25-23-10-11-29-16-24(23)30-26(31-25)36-19-21-9-6-12-32(21)2;1-6-4-3-5-8(9)7(6)2;;;;;;/h5-8,10-12,14,28-29H,9,13,15-24H2,1-2,4H3;5,8,11,22-23H,6-7,9-10,12-19H2,1-2,4H3;3-5,7-8,21-22,29H,6,9-19H2,2H3;3-5H,1-2H3;6*1H2/t28-,29-;22-,23-;21-,22-;;;;;;;/m000......./s1. The Kier molecular flexibility index (Phi) is 43.5. The molecule has 0 radical (unpaired) electrons. The summed E-state index contributed by atoms with van der Waals surface area (Å²) in [5.41, 5.74) is 18.8. The van der Waals surface area contributed by atoms with E-state index in [1.165, 1.54) is 80.5 Å². The second-order valence-corrected chi connectivity index (χ2v) is 35.9. The molecule has 5 aromatic carbocycles. The van der Waals surface area contributed by atoms with E-state index in [0.29, 0.717) is 121 Å². The average molecular weight is 1980 g/mol. The number of hydrogen-bond donors (Lipinski definition) is 1. The van der Waals surface area contributed by atoms with Gasteiger partial charge in [0.25, 0.3) is 0 Å². The number of hydrogen-bond acceptors (Lipinski definition) is 22. The molecule has 132 heavy (non-hydrogen) atoms. The third-order valence-electron chi connectivity index (χ3n) is 26.8. The van der Waals surface area contributed by atoms with Gasteiger partial charge in [0.1, 0.15) is 62.6 Å². The van der Waals surface area contributed by atoms with Crippen LogP contribution in [0.4, 0.5) is 38.4 Å². The number of fused-ring (bicyclic) bond motifs is 3. The van der Waals surface area contributed by atoms with Crippen LogP contribution in [0, 0.1) is 67.2 Å². The van der Waals surface area contributed by atoms with Crippen LogP contribution in [-0.4, -0.2) is 249 Å². The first-order chi connectivity index (χ1) is 61.3. The van der Waals surface area contributed by atoms with Crippen molar-refractivity contribution in [1.82, 2.24) is 59.7 Å². The minimum atomic E-state index is -0.384. The number of piperidine rings is 1. The van der Waals surface area contributed by atoms with Gasteiger partial charge in [-0.2, -0.15) is 111 Å². The summed E-state index contributed by atoms with van der Waals surface area (Å²) >= 11 is 3.45. The Morgan fingerprint density at radius 2 is 0.795 bits per heavy atom. The zero-order valence-corrected chi connectivity index (χ0v) is 85.7. The third-order valence-corrected chi connectivity index (χ3v) is 27.6. The number of amides is 2. The molecule has 0 saturated carbocycles. The fourth-order valence-electron chi connectivity index (χ4n) is 18.7. The predicted molar refractivity (Wildman–Crippen MR) is 560 cm³/mol. The van der Waals surface area contributed by atoms with E-state index < -0.39 is 0 Å². The number of aromatic nitrogens is 6. The quantitative estimate of drug-likeness (QED) is 0.0662. The highest BCUT2D eigenvalue weighted by Gasteiger charge is 2.40. The largest absolute Gasteiger partial charge is 0.462 e. The van der Waals surface area contributed by atoms with E-state index in [1.54, 1.807) is 9.80 Å². The van der Waals surface area contributed by atoms with Crippen LogP contribution in [0.2, 0.25) is 0 Å². The van der Waals surface area contributed by atoms with Crippen molar-refractivity contribution in [2.45, 2.75) is 175 Å². The average Bonchev–Trinajstić information content (AvgIpc) is 0.845. The number of piperazine rings is 2.